The van der Waals surface area contributed by atoms with Gasteiger partial charge >= 0.3 is 0 Å². The van der Waals surface area contributed by atoms with Crippen molar-refractivity contribution in [3.63, 3.8) is 0 Å². The predicted octanol–water partition coefficient (Wildman–Crippen LogP) is 2.37. The maximum absolute atomic E-state index is 12.8. The number of benzene rings is 2. The summed E-state index contributed by atoms with van der Waals surface area (Å²) < 4.78 is 1.81. The van der Waals surface area contributed by atoms with Gasteiger partial charge < -0.3 is 25.5 Å². The van der Waals surface area contributed by atoms with Gasteiger partial charge in [0.05, 0.1) is 0 Å². The minimum absolute atomic E-state index is 0.134. The molecule has 1 amide bonds. The first-order valence-electron chi connectivity index (χ1n) is 12.0. The Labute approximate surface area is 210 Å². The van der Waals surface area contributed by atoms with Crippen molar-refractivity contribution in [1.82, 2.24) is 20.0 Å². The van der Waals surface area contributed by atoms with Crippen molar-refractivity contribution in [3.05, 3.63) is 77.6 Å². The topological polar surface area (TPSA) is 111 Å². The SMILES string of the molecule is [B]c1cnn2c1CC=C(c1ccccc1O)C=C2NCC1CCN(C(=O)c2cc(O)cc(O)c2)CC1. The molecule has 2 aliphatic rings. The van der Waals surface area contributed by atoms with E-state index in [4.69, 9.17) is 7.85 Å². The van der Waals surface area contributed by atoms with Gasteiger partial charge in [-0.2, -0.15) is 5.10 Å². The number of carbonyl (C=O) groups excluding carboxylic acids is 1. The third kappa shape index (κ3) is 4.82. The zero-order chi connectivity index (χ0) is 25.2. The monoisotopic (exact) mass is 482 g/mol. The van der Waals surface area contributed by atoms with Gasteiger partial charge in [-0.25, -0.2) is 4.68 Å². The number of carbonyl (C=O) groups is 1. The number of rotatable bonds is 5. The summed E-state index contributed by atoms with van der Waals surface area (Å²) in [7, 11) is 6.17. The number of piperidine rings is 1. The number of fused-ring (bicyclic) bond motifs is 1. The predicted molar refractivity (Wildman–Crippen MR) is 138 cm³/mol. The number of phenols is 3. The van der Waals surface area contributed by atoms with Gasteiger partial charge in [-0.15, -0.1) is 0 Å². The first-order valence-corrected chi connectivity index (χ1v) is 12.0. The second-order valence-electron chi connectivity index (χ2n) is 9.22. The summed E-state index contributed by atoms with van der Waals surface area (Å²) in [5, 5.41) is 37.8. The largest absolute Gasteiger partial charge is 0.508 e. The number of nitrogens with zero attached hydrogens (tertiary/aromatic N) is 3. The van der Waals surface area contributed by atoms with Crippen molar-refractivity contribution in [2.45, 2.75) is 19.3 Å². The fourth-order valence-electron chi connectivity index (χ4n) is 4.79. The Morgan fingerprint density at radius 1 is 1.08 bits per heavy atom. The van der Waals surface area contributed by atoms with E-state index in [1.54, 1.807) is 23.2 Å². The van der Waals surface area contributed by atoms with Crippen LogP contribution in [0.3, 0.4) is 0 Å². The van der Waals surface area contributed by atoms with Crippen LogP contribution >= 0.6 is 0 Å². The first-order chi connectivity index (χ1) is 17.4. The molecule has 182 valence electrons. The highest BCUT2D eigenvalue weighted by molar-refractivity contribution is 6.33. The van der Waals surface area contributed by atoms with Crippen molar-refractivity contribution in [2.24, 2.45) is 5.92 Å². The molecular formula is C27H27BN4O4. The number of para-hydroxylation sites is 1. The molecular weight excluding hydrogens is 455 g/mol. The van der Waals surface area contributed by atoms with E-state index in [-0.39, 0.29) is 28.7 Å². The van der Waals surface area contributed by atoms with Crippen molar-refractivity contribution in [2.75, 3.05) is 19.6 Å². The lowest BCUT2D eigenvalue weighted by Gasteiger charge is -2.32. The first kappa shape index (κ1) is 23.6. The maximum Gasteiger partial charge on any atom is 0.254 e. The Bertz CT molecular complexity index is 1340. The van der Waals surface area contributed by atoms with Crippen molar-refractivity contribution in [1.29, 1.82) is 0 Å². The number of hydrogen-bond donors (Lipinski definition) is 4. The maximum atomic E-state index is 12.8. The molecule has 1 saturated heterocycles. The molecule has 0 saturated carbocycles. The van der Waals surface area contributed by atoms with Gasteiger partial charge in [0.25, 0.3) is 5.91 Å². The molecule has 0 unspecified atom stereocenters. The van der Waals surface area contributed by atoms with Crippen LogP contribution in [0.1, 0.15) is 34.5 Å². The molecule has 5 rings (SSSR count). The second kappa shape index (κ2) is 9.85. The Morgan fingerprint density at radius 2 is 1.81 bits per heavy atom. The standard InChI is InChI=1S/C27H27BN4O4/c28-23-16-30-32-24(23)6-5-18(22-3-1-2-4-25(22)35)13-26(32)29-15-17-7-9-31(10-8-17)27(36)19-11-20(33)14-21(34)12-19/h1-5,11-14,16-17,29,33-35H,6-10,15H2. The summed E-state index contributed by atoms with van der Waals surface area (Å²) in [5.41, 5.74) is 3.40. The van der Waals surface area contributed by atoms with Crippen LogP contribution < -0.4 is 10.8 Å². The Balaban J connectivity index is 1.27. The molecule has 1 aromatic heterocycles. The second-order valence-corrected chi connectivity index (χ2v) is 9.22. The Kier molecular flexibility index (Phi) is 6.46. The lowest BCUT2D eigenvalue weighted by atomic mass is 9.95. The number of amides is 1. The van der Waals surface area contributed by atoms with Crippen LogP contribution in [0.5, 0.6) is 17.2 Å². The molecule has 2 aliphatic heterocycles. The molecule has 0 aliphatic carbocycles. The van der Waals surface area contributed by atoms with Gasteiger partial charge in [0.1, 0.15) is 30.9 Å². The molecule has 36 heavy (non-hydrogen) atoms. The van der Waals surface area contributed by atoms with Crippen LogP contribution in [-0.2, 0) is 6.42 Å². The highest BCUT2D eigenvalue weighted by Gasteiger charge is 2.25. The smallest absolute Gasteiger partial charge is 0.254 e. The van der Waals surface area contributed by atoms with E-state index in [0.29, 0.717) is 37.4 Å². The van der Waals surface area contributed by atoms with E-state index in [0.717, 1.165) is 35.5 Å². The van der Waals surface area contributed by atoms with E-state index < -0.39 is 0 Å². The summed E-state index contributed by atoms with van der Waals surface area (Å²) in [6, 6.07) is 11.2. The number of hydrogen-bond acceptors (Lipinski definition) is 6. The van der Waals surface area contributed by atoms with Gasteiger partial charge in [0.2, 0.25) is 0 Å². The molecule has 3 aromatic rings. The van der Waals surface area contributed by atoms with Gasteiger partial charge in [-0.3, -0.25) is 4.79 Å². The molecule has 2 aromatic carbocycles. The minimum atomic E-state index is -0.201. The van der Waals surface area contributed by atoms with E-state index >= 15 is 0 Å². The van der Waals surface area contributed by atoms with Crippen LogP contribution in [0.2, 0.25) is 0 Å². The third-order valence-corrected chi connectivity index (χ3v) is 6.78. The fourth-order valence-corrected chi connectivity index (χ4v) is 4.79. The molecule has 8 nitrogen and oxygen atoms in total. The lowest BCUT2D eigenvalue weighted by Crippen LogP contribution is -2.40. The number of nitrogens with one attached hydrogen (secondary N) is 1. The van der Waals surface area contributed by atoms with E-state index in [2.05, 4.69) is 10.4 Å². The molecule has 4 N–H and O–H groups in total. The van der Waals surface area contributed by atoms with Gasteiger partial charge in [-0.05, 0) is 48.6 Å². The minimum Gasteiger partial charge on any atom is -0.508 e. The van der Waals surface area contributed by atoms with E-state index in [1.165, 1.54) is 18.2 Å². The third-order valence-electron chi connectivity index (χ3n) is 6.78. The van der Waals surface area contributed by atoms with Gasteiger partial charge in [0.15, 0.2) is 0 Å². The number of aromatic nitrogens is 2. The molecule has 1 fully saturated rings. The zero-order valence-electron chi connectivity index (χ0n) is 19.8. The molecule has 3 heterocycles. The number of likely N-dealkylation sites (tertiary alicyclic amines) is 1. The molecule has 0 spiro atoms. The summed E-state index contributed by atoms with van der Waals surface area (Å²) in [6.07, 6.45) is 7.87. The van der Waals surface area contributed by atoms with Gasteiger partial charge in [0, 0.05) is 55.1 Å². The number of allylic oxidation sites excluding steroid dienone is 3. The molecule has 2 radical (unpaired) electrons. The summed E-state index contributed by atoms with van der Waals surface area (Å²) in [6.45, 7) is 1.86. The number of phenolic OH excluding ortho intramolecular Hbond substituents is 3. The average molecular weight is 482 g/mol. The van der Waals surface area contributed by atoms with Crippen LogP contribution in [0.25, 0.3) is 11.4 Å². The van der Waals surface area contributed by atoms with Crippen LogP contribution in [0.15, 0.2) is 60.8 Å². The highest BCUT2D eigenvalue weighted by Crippen LogP contribution is 2.29. The number of aromatic hydroxyl groups is 3. The Morgan fingerprint density at radius 3 is 2.53 bits per heavy atom. The summed E-state index contributed by atoms with van der Waals surface area (Å²) >= 11 is 0. The summed E-state index contributed by atoms with van der Waals surface area (Å²) in [5.74, 6) is 0.860. The fraction of sp³-hybridized carbons (Fsp3) is 0.259. The Hall–Kier alpha value is -4.14. The van der Waals surface area contributed by atoms with Crippen molar-refractivity contribution < 1.29 is 20.1 Å². The highest BCUT2D eigenvalue weighted by atomic mass is 16.3. The van der Waals surface area contributed by atoms with E-state index in [9.17, 15) is 20.1 Å². The quantitative estimate of drug-likeness (QED) is 0.416. The molecule has 0 atom stereocenters. The van der Waals surface area contributed by atoms with Gasteiger partial charge in [-0.1, -0.05) is 29.7 Å². The average Bonchev–Trinajstić information content (AvgIpc) is 3.13. The molecule has 9 heteroatoms. The van der Waals surface area contributed by atoms with Crippen LogP contribution in [0, 0.1) is 5.92 Å². The zero-order valence-corrected chi connectivity index (χ0v) is 19.8. The van der Waals surface area contributed by atoms with Crippen molar-refractivity contribution in [3.8, 4) is 17.2 Å². The van der Waals surface area contributed by atoms with Crippen LogP contribution in [-0.4, -0.2) is 63.4 Å². The van der Waals surface area contributed by atoms with E-state index in [1.807, 2.05) is 29.0 Å². The summed E-state index contributed by atoms with van der Waals surface area (Å²) in [4.78, 5) is 14.6. The normalized spacial score (nSPS) is 16.1. The molecule has 0 bridgehead atoms. The lowest BCUT2D eigenvalue weighted by molar-refractivity contribution is 0.0690. The van der Waals surface area contributed by atoms with Crippen LogP contribution in [0.4, 0.5) is 0 Å². The van der Waals surface area contributed by atoms with Crippen molar-refractivity contribution >= 4 is 30.6 Å².